The molecule has 0 amide bonds. The van der Waals surface area contributed by atoms with Crippen LogP contribution < -0.4 is 20.1 Å². The predicted octanol–water partition coefficient (Wildman–Crippen LogP) is 4.91. The SMILES string of the molecule is CCCOc1ccccc1Oc1ncccc1CNC(=NC)NCc1ncc(C)s1.I. The van der Waals surface area contributed by atoms with Gasteiger partial charge in [-0.3, -0.25) is 4.99 Å². The molecule has 2 N–H and O–H groups in total. The van der Waals surface area contributed by atoms with Gasteiger partial charge < -0.3 is 20.1 Å². The van der Waals surface area contributed by atoms with Crippen molar-refractivity contribution < 1.29 is 9.47 Å². The number of benzene rings is 1. The Bertz CT molecular complexity index is 980. The van der Waals surface area contributed by atoms with Crippen molar-refractivity contribution in [2.45, 2.75) is 33.4 Å². The summed E-state index contributed by atoms with van der Waals surface area (Å²) >= 11 is 1.67. The average molecular weight is 553 g/mol. The van der Waals surface area contributed by atoms with Crippen LogP contribution in [0.2, 0.25) is 0 Å². The van der Waals surface area contributed by atoms with E-state index in [1.807, 2.05) is 49.5 Å². The van der Waals surface area contributed by atoms with Gasteiger partial charge in [-0.1, -0.05) is 25.1 Å². The third-order valence-electron chi connectivity index (χ3n) is 4.11. The Kier molecular flexibility index (Phi) is 10.5. The second kappa shape index (κ2) is 13.1. The molecule has 0 aliphatic carbocycles. The quantitative estimate of drug-likeness (QED) is 0.223. The summed E-state index contributed by atoms with van der Waals surface area (Å²) in [7, 11) is 1.74. The van der Waals surface area contributed by atoms with E-state index < -0.39 is 0 Å². The summed E-state index contributed by atoms with van der Waals surface area (Å²) in [5, 5.41) is 7.60. The summed E-state index contributed by atoms with van der Waals surface area (Å²) in [5.74, 6) is 2.57. The number of pyridine rings is 1. The first kappa shape index (κ1) is 24.9. The highest BCUT2D eigenvalue weighted by molar-refractivity contribution is 14.0. The van der Waals surface area contributed by atoms with E-state index in [-0.39, 0.29) is 24.0 Å². The lowest BCUT2D eigenvalue weighted by atomic mass is 10.2. The van der Waals surface area contributed by atoms with E-state index in [4.69, 9.17) is 9.47 Å². The highest BCUT2D eigenvalue weighted by Crippen LogP contribution is 2.31. The molecule has 0 bridgehead atoms. The molecule has 0 aliphatic rings. The van der Waals surface area contributed by atoms with Crippen molar-refractivity contribution >= 4 is 41.3 Å². The Morgan fingerprint density at radius 3 is 2.55 bits per heavy atom. The third kappa shape index (κ3) is 7.66. The van der Waals surface area contributed by atoms with Crippen molar-refractivity contribution in [3.8, 4) is 17.4 Å². The number of rotatable bonds is 9. The molecule has 1 aromatic carbocycles. The van der Waals surface area contributed by atoms with Crippen LogP contribution in [0.15, 0.2) is 53.8 Å². The van der Waals surface area contributed by atoms with Gasteiger partial charge in [0.2, 0.25) is 5.88 Å². The predicted molar refractivity (Wildman–Crippen MR) is 136 cm³/mol. The maximum atomic E-state index is 6.09. The van der Waals surface area contributed by atoms with E-state index in [1.54, 1.807) is 24.6 Å². The first-order chi connectivity index (χ1) is 14.7. The van der Waals surface area contributed by atoms with Crippen LogP contribution in [0.1, 0.15) is 28.8 Å². The smallest absolute Gasteiger partial charge is 0.224 e. The summed E-state index contributed by atoms with van der Waals surface area (Å²) in [5.41, 5.74) is 0.913. The van der Waals surface area contributed by atoms with Gasteiger partial charge in [-0.25, -0.2) is 9.97 Å². The van der Waals surface area contributed by atoms with E-state index in [2.05, 4.69) is 32.5 Å². The second-order valence-corrected chi connectivity index (χ2v) is 7.83. The number of nitrogens with one attached hydrogen (secondary N) is 2. The van der Waals surface area contributed by atoms with Crippen molar-refractivity contribution in [1.82, 2.24) is 20.6 Å². The Labute approximate surface area is 204 Å². The van der Waals surface area contributed by atoms with Crippen LogP contribution in [0.4, 0.5) is 0 Å². The van der Waals surface area contributed by atoms with Crippen LogP contribution in [0.25, 0.3) is 0 Å². The number of hydrogen-bond donors (Lipinski definition) is 2. The van der Waals surface area contributed by atoms with Crippen LogP contribution in [-0.4, -0.2) is 29.6 Å². The molecule has 9 heteroatoms. The number of aliphatic imine (C=N–C) groups is 1. The highest BCUT2D eigenvalue weighted by Gasteiger charge is 2.11. The first-order valence-electron chi connectivity index (χ1n) is 9.89. The van der Waals surface area contributed by atoms with Crippen LogP contribution >= 0.6 is 35.3 Å². The number of ether oxygens (including phenoxy) is 2. The van der Waals surface area contributed by atoms with Gasteiger partial charge in [0.05, 0.1) is 13.2 Å². The number of guanidine groups is 1. The largest absolute Gasteiger partial charge is 0.490 e. The van der Waals surface area contributed by atoms with Gasteiger partial charge in [-0.15, -0.1) is 35.3 Å². The molecule has 0 radical (unpaired) electrons. The minimum absolute atomic E-state index is 0. The summed E-state index contributed by atoms with van der Waals surface area (Å²) < 4.78 is 11.9. The lowest BCUT2D eigenvalue weighted by molar-refractivity contribution is 0.300. The van der Waals surface area contributed by atoms with Crippen molar-refractivity contribution in [2.75, 3.05) is 13.7 Å². The highest BCUT2D eigenvalue weighted by atomic mass is 127. The fraction of sp³-hybridized carbons (Fsp3) is 0.318. The summed E-state index contributed by atoms with van der Waals surface area (Å²) in [6.45, 7) is 5.89. The number of aryl methyl sites for hydroxylation is 1. The molecule has 0 saturated carbocycles. The maximum Gasteiger partial charge on any atom is 0.224 e. The molecule has 2 heterocycles. The minimum atomic E-state index is 0. The Balaban J connectivity index is 0.00000341. The molecule has 2 aromatic heterocycles. The zero-order valence-corrected chi connectivity index (χ0v) is 21.1. The molecule has 0 saturated heterocycles. The van der Waals surface area contributed by atoms with Crippen molar-refractivity contribution in [3.05, 3.63) is 64.2 Å². The Morgan fingerprint density at radius 2 is 1.84 bits per heavy atom. The zero-order valence-electron chi connectivity index (χ0n) is 17.9. The van der Waals surface area contributed by atoms with Gasteiger partial charge in [0.15, 0.2) is 17.5 Å². The molecule has 0 unspecified atom stereocenters. The van der Waals surface area contributed by atoms with Gasteiger partial charge in [0.1, 0.15) is 5.01 Å². The molecule has 0 atom stereocenters. The Hall–Kier alpha value is -2.40. The molecule has 0 aliphatic heterocycles. The zero-order chi connectivity index (χ0) is 21.2. The van der Waals surface area contributed by atoms with Crippen molar-refractivity contribution in [1.29, 1.82) is 0 Å². The van der Waals surface area contributed by atoms with Crippen LogP contribution in [0, 0.1) is 6.92 Å². The standard InChI is InChI=1S/C22H27N5O2S.HI/c1-4-12-28-18-9-5-6-10-19(18)29-21-17(8-7-11-24-21)14-26-22(23-3)27-15-20-25-13-16(2)30-20;/h5-11,13H,4,12,14-15H2,1-3H3,(H2,23,26,27);1H. The van der Waals surface area contributed by atoms with Crippen LogP contribution in [0.3, 0.4) is 0 Å². The maximum absolute atomic E-state index is 6.09. The number of nitrogens with zero attached hydrogens (tertiary/aromatic N) is 3. The van der Waals surface area contributed by atoms with Gasteiger partial charge >= 0.3 is 0 Å². The number of para-hydroxylation sites is 2. The number of aromatic nitrogens is 2. The van der Waals surface area contributed by atoms with E-state index in [0.717, 1.165) is 17.0 Å². The second-order valence-electron chi connectivity index (χ2n) is 6.51. The van der Waals surface area contributed by atoms with Gasteiger partial charge in [-0.2, -0.15) is 0 Å². The molecule has 31 heavy (non-hydrogen) atoms. The van der Waals surface area contributed by atoms with E-state index in [9.17, 15) is 0 Å². The molecule has 0 spiro atoms. The van der Waals surface area contributed by atoms with Gasteiger partial charge in [0.25, 0.3) is 0 Å². The van der Waals surface area contributed by atoms with Gasteiger partial charge in [0, 0.05) is 36.4 Å². The van der Waals surface area contributed by atoms with E-state index >= 15 is 0 Å². The molecule has 3 rings (SSSR count). The van der Waals surface area contributed by atoms with E-state index in [1.165, 1.54) is 4.88 Å². The van der Waals surface area contributed by atoms with Gasteiger partial charge in [-0.05, 0) is 31.5 Å². The van der Waals surface area contributed by atoms with Crippen molar-refractivity contribution in [2.24, 2.45) is 4.99 Å². The molecule has 0 fully saturated rings. The minimum Gasteiger partial charge on any atom is -0.490 e. The number of hydrogen-bond acceptors (Lipinski definition) is 6. The molecular formula is C22H28IN5O2S. The first-order valence-corrected chi connectivity index (χ1v) is 10.7. The average Bonchev–Trinajstić information content (AvgIpc) is 3.19. The summed E-state index contributed by atoms with van der Waals surface area (Å²) in [6, 6.07) is 11.5. The summed E-state index contributed by atoms with van der Waals surface area (Å²) in [6.07, 6.45) is 4.52. The molecule has 3 aromatic rings. The number of halogens is 1. The fourth-order valence-electron chi connectivity index (χ4n) is 2.66. The molecule has 7 nitrogen and oxygen atoms in total. The van der Waals surface area contributed by atoms with Crippen LogP contribution in [0.5, 0.6) is 17.4 Å². The fourth-order valence-corrected chi connectivity index (χ4v) is 3.39. The monoisotopic (exact) mass is 553 g/mol. The lowest BCUT2D eigenvalue weighted by Crippen LogP contribution is -2.36. The van der Waals surface area contributed by atoms with Crippen molar-refractivity contribution in [3.63, 3.8) is 0 Å². The molecule has 166 valence electrons. The lowest BCUT2D eigenvalue weighted by Gasteiger charge is -2.15. The Morgan fingerprint density at radius 1 is 1.06 bits per heavy atom. The summed E-state index contributed by atoms with van der Waals surface area (Å²) in [4.78, 5) is 14.2. The number of thiazole rings is 1. The van der Waals surface area contributed by atoms with E-state index in [0.29, 0.717) is 43.0 Å². The van der Waals surface area contributed by atoms with Crippen LogP contribution in [-0.2, 0) is 13.1 Å². The molecular weight excluding hydrogens is 525 g/mol. The normalized spacial score (nSPS) is 10.9. The topological polar surface area (TPSA) is 80.7 Å². The third-order valence-corrected chi connectivity index (χ3v) is 5.03.